The van der Waals surface area contributed by atoms with Crippen LogP contribution in [0.25, 0.3) is 0 Å². The Morgan fingerprint density at radius 1 is 1.23 bits per heavy atom. The van der Waals surface area contributed by atoms with E-state index in [4.69, 9.17) is 10.5 Å². The minimum atomic E-state index is -0.414. The highest BCUT2D eigenvalue weighted by molar-refractivity contribution is 6.05. The minimum Gasteiger partial charge on any atom is -0.497 e. The third-order valence-corrected chi connectivity index (χ3v) is 4.14. The van der Waals surface area contributed by atoms with Gasteiger partial charge in [0.05, 0.1) is 13.7 Å². The molecule has 1 amide bonds. The van der Waals surface area contributed by atoms with Crippen molar-refractivity contribution in [1.82, 2.24) is 15.0 Å². The molecule has 0 radical (unpaired) electrons. The zero-order valence-electron chi connectivity index (χ0n) is 15.0. The van der Waals surface area contributed by atoms with Gasteiger partial charge in [-0.2, -0.15) is 0 Å². The van der Waals surface area contributed by atoms with Crippen molar-refractivity contribution in [2.75, 3.05) is 18.2 Å². The molecule has 7 nitrogen and oxygen atoms in total. The largest absolute Gasteiger partial charge is 0.497 e. The number of methoxy groups -OCH3 is 1. The van der Waals surface area contributed by atoms with Crippen molar-refractivity contribution in [2.24, 2.45) is 0 Å². The van der Waals surface area contributed by atoms with Gasteiger partial charge in [0.2, 0.25) is 0 Å². The number of amides is 1. The number of rotatable bonds is 5. The number of nitrogens with one attached hydrogen (secondary N) is 1. The Kier molecular flexibility index (Phi) is 4.88. The molecule has 0 aliphatic heterocycles. The molecule has 0 atom stereocenters. The van der Waals surface area contributed by atoms with Crippen molar-refractivity contribution in [1.29, 1.82) is 0 Å². The highest BCUT2D eigenvalue weighted by atomic mass is 16.5. The lowest BCUT2D eigenvalue weighted by molar-refractivity contribution is 0.102. The maximum atomic E-state index is 12.5. The van der Waals surface area contributed by atoms with Crippen molar-refractivity contribution in [2.45, 2.75) is 20.4 Å². The first kappa shape index (κ1) is 17.5. The molecule has 26 heavy (non-hydrogen) atoms. The summed E-state index contributed by atoms with van der Waals surface area (Å²) >= 11 is 0. The first-order valence-corrected chi connectivity index (χ1v) is 8.18. The molecule has 1 heterocycles. The third kappa shape index (κ3) is 3.66. The summed E-state index contributed by atoms with van der Waals surface area (Å²) < 4.78 is 6.68. The fourth-order valence-electron chi connectivity index (χ4n) is 2.62. The summed E-state index contributed by atoms with van der Waals surface area (Å²) in [6, 6.07) is 13.2. The summed E-state index contributed by atoms with van der Waals surface area (Å²) in [5, 5.41) is 10.7. The summed E-state index contributed by atoms with van der Waals surface area (Å²) in [6.07, 6.45) is 0. The molecule has 0 saturated heterocycles. The number of nitrogens with zero attached hydrogens (tertiary/aromatic N) is 3. The van der Waals surface area contributed by atoms with E-state index >= 15 is 0 Å². The SMILES string of the molecule is COc1cccc(NC(=O)c2nnn(Cc3cc(C)ccc3C)c2N)c1. The zero-order chi connectivity index (χ0) is 18.7. The standard InChI is InChI=1S/C19H21N5O2/c1-12-7-8-13(2)14(9-12)11-24-18(20)17(22-23-24)19(25)21-15-5-4-6-16(10-15)26-3/h4-10H,11,20H2,1-3H3,(H,21,25). The van der Waals surface area contributed by atoms with Gasteiger partial charge in [0, 0.05) is 11.8 Å². The normalized spacial score (nSPS) is 10.6. The van der Waals surface area contributed by atoms with Crippen molar-refractivity contribution in [3.05, 3.63) is 64.8 Å². The van der Waals surface area contributed by atoms with Crippen LogP contribution < -0.4 is 15.8 Å². The van der Waals surface area contributed by atoms with E-state index in [1.807, 2.05) is 19.9 Å². The van der Waals surface area contributed by atoms with Crippen LogP contribution >= 0.6 is 0 Å². The summed E-state index contributed by atoms with van der Waals surface area (Å²) in [5.41, 5.74) is 10.2. The second kappa shape index (κ2) is 7.26. The maximum Gasteiger partial charge on any atom is 0.280 e. The van der Waals surface area contributed by atoms with Crippen LogP contribution in [0.1, 0.15) is 27.2 Å². The van der Waals surface area contributed by atoms with Crippen LogP contribution in [0.5, 0.6) is 5.75 Å². The van der Waals surface area contributed by atoms with E-state index in [0.29, 0.717) is 18.0 Å². The fourth-order valence-corrected chi connectivity index (χ4v) is 2.62. The number of carbonyl (C=O) groups excluding carboxylic acids is 1. The Hall–Kier alpha value is -3.35. The van der Waals surface area contributed by atoms with E-state index in [2.05, 4.69) is 27.8 Å². The highest BCUT2D eigenvalue weighted by Crippen LogP contribution is 2.19. The van der Waals surface area contributed by atoms with Crippen molar-refractivity contribution in [3.8, 4) is 5.75 Å². The molecule has 0 aliphatic carbocycles. The van der Waals surface area contributed by atoms with Crippen LogP contribution in [0.3, 0.4) is 0 Å². The molecular weight excluding hydrogens is 330 g/mol. The molecule has 0 bridgehead atoms. The van der Waals surface area contributed by atoms with Gasteiger partial charge >= 0.3 is 0 Å². The molecule has 0 unspecified atom stereocenters. The predicted octanol–water partition coefficient (Wildman–Crippen LogP) is 2.79. The molecule has 1 aromatic heterocycles. The van der Waals surface area contributed by atoms with Gasteiger partial charge in [-0.3, -0.25) is 4.79 Å². The number of ether oxygens (including phenoxy) is 1. The van der Waals surface area contributed by atoms with Gasteiger partial charge in [0.15, 0.2) is 11.5 Å². The summed E-state index contributed by atoms with van der Waals surface area (Å²) in [7, 11) is 1.57. The van der Waals surface area contributed by atoms with E-state index < -0.39 is 5.91 Å². The third-order valence-electron chi connectivity index (χ3n) is 4.14. The van der Waals surface area contributed by atoms with Gasteiger partial charge in [-0.15, -0.1) is 5.10 Å². The fraction of sp³-hybridized carbons (Fsp3) is 0.211. The maximum absolute atomic E-state index is 12.5. The lowest BCUT2D eigenvalue weighted by Gasteiger charge is -2.08. The Morgan fingerprint density at radius 3 is 2.81 bits per heavy atom. The quantitative estimate of drug-likeness (QED) is 0.737. The number of aryl methyl sites for hydroxylation is 2. The van der Waals surface area contributed by atoms with E-state index in [1.54, 1.807) is 31.4 Å². The van der Waals surface area contributed by atoms with Crippen LogP contribution in [-0.2, 0) is 6.54 Å². The Morgan fingerprint density at radius 2 is 2.04 bits per heavy atom. The summed E-state index contributed by atoms with van der Waals surface area (Å²) in [4.78, 5) is 12.5. The molecule has 3 rings (SSSR count). The van der Waals surface area contributed by atoms with E-state index in [-0.39, 0.29) is 11.5 Å². The topological polar surface area (TPSA) is 95.1 Å². The van der Waals surface area contributed by atoms with E-state index in [0.717, 1.165) is 16.7 Å². The van der Waals surface area contributed by atoms with Crippen LogP contribution in [0, 0.1) is 13.8 Å². The number of nitrogen functional groups attached to an aromatic ring is 1. The Balaban J connectivity index is 1.79. The van der Waals surface area contributed by atoms with Crippen molar-refractivity contribution < 1.29 is 9.53 Å². The number of carbonyl (C=O) groups is 1. The predicted molar refractivity (Wildman–Crippen MR) is 100 cm³/mol. The molecule has 0 aliphatic rings. The first-order valence-electron chi connectivity index (χ1n) is 8.18. The van der Waals surface area contributed by atoms with Gasteiger partial charge < -0.3 is 15.8 Å². The lowest BCUT2D eigenvalue weighted by Crippen LogP contribution is -2.15. The van der Waals surface area contributed by atoms with E-state index in [9.17, 15) is 4.79 Å². The molecule has 0 fully saturated rings. The smallest absolute Gasteiger partial charge is 0.280 e. The number of benzene rings is 2. The number of nitrogens with two attached hydrogens (primary N) is 1. The highest BCUT2D eigenvalue weighted by Gasteiger charge is 2.18. The van der Waals surface area contributed by atoms with Crippen LogP contribution in [0.4, 0.5) is 11.5 Å². The minimum absolute atomic E-state index is 0.0955. The Bertz CT molecular complexity index is 949. The molecule has 2 aromatic carbocycles. The van der Waals surface area contributed by atoms with Crippen LogP contribution in [0.15, 0.2) is 42.5 Å². The molecule has 3 aromatic rings. The van der Waals surface area contributed by atoms with Crippen molar-refractivity contribution in [3.63, 3.8) is 0 Å². The molecule has 3 N–H and O–H groups in total. The summed E-state index contributed by atoms with van der Waals surface area (Å²) in [5.74, 6) is 0.462. The van der Waals surface area contributed by atoms with Gasteiger partial charge in [-0.25, -0.2) is 4.68 Å². The molecular formula is C19H21N5O2. The molecule has 0 saturated carbocycles. The number of hydrogen-bond donors (Lipinski definition) is 2. The summed E-state index contributed by atoms with van der Waals surface area (Å²) in [6.45, 7) is 4.51. The van der Waals surface area contributed by atoms with Crippen molar-refractivity contribution >= 4 is 17.4 Å². The molecule has 0 spiro atoms. The second-order valence-corrected chi connectivity index (χ2v) is 6.10. The van der Waals surface area contributed by atoms with Gasteiger partial charge in [0.1, 0.15) is 5.75 Å². The number of aromatic nitrogens is 3. The first-order chi connectivity index (χ1) is 12.5. The monoisotopic (exact) mass is 351 g/mol. The van der Waals surface area contributed by atoms with Gasteiger partial charge in [-0.1, -0.05) is 35.0 Å². The number of hydrogen-bond acceptors (Lipinski definition) is 5. The average Bonchev–Trinajstić information content (AvgIpc) is 2.99. The average molecular weight is 351 g/mol. The van der Waals surface area contributed by atoms with Gasteiger partial charge in [0.25, 0.3) is 5.91 Å². The van der Waals surface area contributed by atoms with E-state index in [1.165, 1.54) is 4.68 Å². The Labute approximate surface area is 151 Å². The zero-order valence-corrected chi connectivity index (χ0v) is 15.0. The molecule has 7 heteroatoms. The second-order valence-electron chi connectivity index (χ2n) is 6.10. The van der Waals surface area contributed by atoms with Crippen LogP contribution in [-0.4, -0.2) is 28.0 Å². The van der Waals surface area contributed by atoms with Gasteiger partial charge in [-0.05, 0) is 37.1 Å². The molecule has 134 valence electrons. The lowest BCUT2D eigenvalue weighted by atomic mass is 10.1. The number of anilines is 2. The van der Waals surface area contributed by atoms with Crippen LogP contribution in [0.2, 0.25) is 0 Å².